The third-order valence-electron chi connectivity index (χ3n) is 5.15. The quantitative estimate of drug-likeness (QED) is 0.861. The number of nitrogens with zero attached hydrogens (tertiary/aromatic N) is 3. The normalized spacial score (nSPS) is 20.7. The number of thiophene rings is 1. The van der Waals surface area contributed by atoms with E-state index in [-0.39, 0.29) is 11.3 Å². The molecule has 122 valence electrons. The van der Waals surface area contributed by atoms with Crippen LogP contribution in [0.15, 0.2) is 21.3 Å². The van der Waals surface area contributed by atoms with E-state index in [4.69, 9.17) is 4.52 Å². The minimum absolute atomic E-state index is 0.00957. The summed E-state index contributed by atoms with van der Waals surface area (Å²) in [5.74, 6) is 2.43. The van der Waals surface area contributed by atoms with Gasteiger partial charge in [0.25, 0.3) is 5.91 Å². The Balaban J connectivity index is 1.51. The standard InChI is InChI=1S/C17H21N3O2S/c1-12-18-16(19-22-12)17(10-13-2-3-13)5-7-20(8-6-17)15(21)14-4-9-23-11-14/h4,9,11,13H,2-3,5-8,10H2,1H3. The summed E-state index contributed by atoms with van der Waals surface area (Å²) in [5, 5.41) is 8.11. The van der Waals surface area contributed by atoms with Crippen LogP contribution in [0.2, 0.25) is 0 Å². The Kier molecular flexibility index (Phi) is 3.71. The van der Waals surface area contributed by atoms with Gasteiger partial charge in [0, 0.05) is 30.8 Å². The van der Waals surface area contributed by atoms with E-state index in [0.29, 0.717) is 5.89 Å². The maximum Gasteiger partial charge on any atom is 0.254 e. The van der Waals surface area contributed by atoms with E-state index in [2.05, 4.69) is 10.1 Å². The highest BCUT2D eigenvalue weighted by atomic mass is 32.1. The van der Waals surface area contributed by atoms with Gasteiger partial charge in [-0.15, -0.1) is 0 Å². The molecule has 5 nitrogen and oxygen atoms in total. The van der Waals surface area contributed by atoms with Crippen LogP contribution in [0.25, 0.3) is 0 Å². The molecule has 1 saturated carbocycles. The van der Waals surface area contributed by atoms with E-state index in [0.717, 1.165) is 49.7 Å². The summed E-state index contributed by atoms with van der Waals surface area (Å²) in [6, 6.07) is 1.90. The van der Waals surface area contributed by atoms with E-state index < -0.39 is 0 Å². The number of hydrogen-bond donors (Lipinski definition) is 0. The molecule has 4 rings (SSSR count). The molecule has 2 aromatic rings. The topological polar surface area (TPSA) is 59.2 Å². The number of carbonyl (C=O) groups is 1. The minimum atomic E-state index is -0.00957. The number of likely N-dealkylation sites (tertiary alicyclic amines) is 1. The Bertz CT molecular complexity index is 683. The molecule has 1 saturated heterocycles. The van der Waals surface area contributed by atoms with Crippen LogP contribution in [0.4, 0.5) is 0 Å². The van der Waals surface area contributed by atoms with E-state index in [9.17, 15) is 4.79 Å². The van der Waals surface area contributed by atoms with Gasteiger partial charge in [-0.1, -0.05) is 18.0 Å². The maximum atomic E-state index is 12.5. The number of hydrogen-bond acceptors (Lipinski definition) is 5. The molecule has 1 aliphatic carbocycles. The summed E-state index contributed by atoms with van der Waals surface area (Å²) in [7, 11) is 0. The first-order valence-electron chi connectivity index (χ1n) is 8.29. The molecule has 2 aromatic heterocycles. The van der Waals surface area contributed by atoms with Crippen LogP contribution in [0, 0.1) is 12.8 Å². The second-order valence-electron chi connectivity index (χ2n) is 6.87. The summed E-state index contributed by atoms with van der Waals surface area (Å²) < 4.78 is 5.24. The molecule has 0 spiro atoms. The van der Waals surface area contributed by atoms with Gasteiger partial charge in [-0.3, -0.25) is 4.79 Å². The van der Waals surface area contributed by atoms with Gasteiger partial charge in [-0.2, -0.15) is 16.3 Å². The first kappa shape index (κ1) is 14.9. The number of rotatable bonds is 4. The number of piperidine rings is 1. The Labute approximate surface area is 139 Å². The van der Waals surface area contributed by atoms with E-state index in [1.54, 1.807) is 11.3 Å². The summed E-state index contributed by atoms with van der Waals surface area (Å²) >= 11 is 1.57. The molecule has 0 N–H and O–H groups in total. The van der Waals surface area contributed by atoms with E-state index in [1.165, 1.54) is 12.8 Å². The van der Waals surface area contributed by atoms with Crippen molar-refractivity contribution in [2.75, 3.05) is 13.1 Å². The third kappa shape index (κ3) is 2.92. The Morgan fingerprint density at radius 2 is 2.22 bits per heavy atom. The summed E-state index contributed by atoms with van der Waals surface area (Å²) in [6.45, 7) is 3.39. The molecule has 0 bridgehead atoms. The zero-order valence-electron chi connectivity index (χ0n) is 13.3. The maximum absolute atomic E-state index is 12.5. The van der Waals surface area contributed by atoms with Crippen molar-refractivity contribution in [3.63, 3.8) is 0 Å². The molecule has 1 amide bonds. The van der Waals surface area contributed by atoms with Gasteiger partial charge >= 0.3 is 0 Å². The fourth-order valence-corrected chi connectivity index (χ4v) is 4.24. The molecule has 1 aliphatic heterocycles. The van der Waals surface area contributed by atoms with Gasteiger partial charge in [0.05, 0.1) is 5.56 Å². The van der Waals surface area contributed by atoms with Gasteiger partial charge in [0.2, 0.25) is 5.89 Å². The third-order valence-corrected chi connectivity index (χ3v) is 5.84. The van der Waals surface area contributed by atoms with Crippen molar-refractivity contribution < 1.29 is 9.32 Å². The fraction of sp³-hybridized carbons (Fsp3) is 0.588. The predicted molar refractivity (Wildman–Crippen MR) is 87.5 cm³/mol. The summed E-state index contributed by atoms with van der Waals surface area (Å²) in [6.07, 6.45) is 5.62. The second kappa shape index (κ2) is 5.74. The Hall–Kier alpha value is -1.69. The molecular weight excluding hydrogens is 310 g/mol. The average Bonchev–Trinajstić information content (AvgIpc) is 3.04. The second-order valence-corrected chi connectivity index (χ2v) is 7.65. The number of aromatic nitrogens is 2. The van der Waals surface area contributed by atoms with Crippen molar-refractivity contribution in [1.82, 2.24) is 15.0 Å². The van der Waals surface area contributed by atoms with Crippen molar-refractivity contribution in [1.29, 1.82) is 0 Å². The lowest BCUT2D eigenvalue weighted by molar-refractivity contribution is 0.0646. The van der Waals surface area contributed by atoms with E-state index in [1.807, 2.05) is 28.7 Å². The Morgan fingerprint density at radius 3 is 2.78 bits per heavy atom. The van der Waals surface area contributed by atoms with Gasteiger partial charge in [0.1, 0.15) is 0 Å². The Morgan fingerprint density at radius 1 is 1.43 bits per heavy atom. The first-order chi connectivity index (χ1) is 11.2. The van der Waals surface area contributed by atoms with Crippen LogP contribution in [0.3, 0.4) is 0 Å². The highest BCUT2D eigenvalue weighted by molar-refractivity contribution is 7.08. The highest BCUT2D eigenvalue weighted by Gasteiger charge is 2.44. The van der Waals surface area contributed by atoms with Crippen LogP contribution >= 0.6 is 11.3 Å². The molecule has 23 heavy (non-hydrogen) atoms. The molecule has 6 heteroatoms. The van der Waals surface area contributed by atoms with Crippen LogP contribution in [-0.2, 0) is 5.41 Å². The predicted octanol–water partition coefficient (Wildman–Crippen LogP) is 3.41. The smallest absolute Gasteiger partial charge is 0.254 e. The van der Waals surface area contributed by atoms with Gasteiger partial charge < -0.3 is 9.42 Å². The summed E-state index contributed by atoms with van der Waals surface area (Å²) in [4.78, 5) is 19.0. The molecule has 2 aliphatic rings. The van der Waals surface area contributed by atoms with Gasteiger partial charge in [-0.05, 0) is 36.6 Å². The molecule has 0 atom stereocenters. The fourth-order valence-electron chi connectivity index (χ4n) is 3.61. The largest absolute Gasteiger partial charge is 0.340 e. The van der Waals surface area contributed by atoms with Crippen LogP contribution in [0.5, 0.6) is 0 Å². The van der Waals surface area contributed by atoms with Crippen molar-refractivity contribution in [3.8, 4) is 0 Å². The molecule has 0 radical (unpaired) electrons. The van der Waals surface area contributed by atoms with Crippen molar-refractivity contribution in [2.24, 2.45) is 5.92 Å². The lowest BCUT2D eigenvalue weighted by atomic mass is 9.73. The molecular formula is C17H21N3O2S. The molecule has 0 unspecified atom stereocenters. The monoisotopic (exact) mass is 331 g/mol. The SMILES string of the molecule is Cc1nc(C2(CC3CC3)CCN(C(=O)c3ccsc3)CC2)no1. The molecule has 3 heterocycles. The lowest BCUT2D eigenvalue weighted by Gasteiger charge is -2.40. The van der Waals surface area contributed by atoms with E-state index >= 15 is 0 Å². The van der Waals surface area contributed by atoms with Crippen LogP contribution in [-0.4, -0.2) is 34.0 Å². The number of carbonyl (C=O) groups excluding carboxylic acids is 1. The van der Waals surface area contributed by atoms with Crippen molar-refractivity contribution in [2.45, 2.75) is 44.4 Å². The van der Waals surface area contributed by atoms with Gasteiger partial charge in [0.15, 0.2) is 5.82 Å². The van der Waals surface area contributed by atoms with Gasteiger partial charge in [-0.25, -0.2) is 0 Å². The lowest BCUT2D eigenvalue weighted by Crippen LogP contribution is -2.46. The number of aryl methyl sites for hydroxylation is 1. The van der Waals surface area contributed by atoms with Crippen molar-refractivity contribution in [3.05, 3.63) is 34.1 Å². The number of amides is 1. The average molecular weight is 331 g/mol. The zero-order chi connectivity index (χ0) is 15.9. The zero-order valence-corrected chi connectivity index (χ0v) is 14.1. The van der Waals surface area contributed by atoms with Crippen molar-refractivity contribution >= 4 is 17.2 Å². The minimum Gasteiger partial charge on any atom is -0.340 e. The van der Waals surface area contributed by atoms with Crippen LogP contribution in [0.1, 0.15) is 54.2 Å². The summed E-state index contributed by atoms with van der Waals surface area (Å²) in [5.41, 5.74) is 0.796. The molecule has 0 aromatic carbocycles. The van der Waals surface area contributed by atoms with Crippen LogP contribution < -0.4 is 0 Å². The highest BCUT2D eigenvalue weighted by Crippen LogP contribution is 2.46. The first-order valence-corrected chi connectivity index (χ1v) is 9.23. The molecule has 2 fully saturated rings.